The van der Waals surface area contributed by atoms with Gasteiger partial charge in [0.15, 0.2) is 5.75 Å². The minimum absolute atomic E-state index is 0.193. The smallest absolute Gasteiger partial charge is 0.287 e. The number of carbonyl (C=O) groups is 1. The first kappa shape index (κ1) is 23.1. The van der Waals surface area contributed by atoms with Crippen LogP contribution in [0, 0.1) is 16.6 Å². The molecule has 0 saturated heterocycles. The lowest BCUT2D eigenvalue weighted by molar-refractivity contribution is -0.213. The summed E-state index contributed by atoms with van der Waals surface area (Å²) >= 11 is 0. The van der Waals surface area contributed by atoms with Crippen LogP contribution in [-0.2, 0) is 9.68 Å². The van der Waals surface area contributed by atoms with Crippen molar-refractivity contribution in [3.8, 4) is 5.75 Å². The van der Waals surface area contributed by atoms with Crippen LogP contribution in [0.4, 0.5) is 4.39 Å². The van der Waals surface area contributed by atoms with Gasteiger partial charge in [-0.25, -0.2) is 9.18 Å². The first-order chi connectivity index (χ1) is 14.6. The Morgan fingerprint density at radius 3 is 1.94 bits per heavy atom. The predicted octanol–water partition coefficient (Wildman–Crippen LogP) is 7.50. The van der Waals surface area contributed by atoms with Crippen molar-refractivity contribution < 1.29 is 19.0 Å². The van der Waals surface area contributed by atoms with Gasteiger partial charge in [-0.05, 0) is 77.5 Å². The zero-order valence-corrected chi connectivity index (χ0v) is 19.3. The van der Waals surface area contributed by atoms with Crippen molar-refractivity contribution in [3.63, 3.8) is 0 Å². The van der Waals surface area contributed by atoms with Gasteiger partial charge in [0, 0.05) is 6.42 Å². The van der Waals surface area contributed by atoms with Crippen molar-refractivity contribution in [3.05, 3.63) is 71.0 Å². The van der Waals surface area contributed by atoms with E-state index >= 15 is 0 Å². The summed E-state index contributed by atoms with van der Waals surface area (Å²) in [4.78, 5) is 21.6. The fourth-order valence-electron chi connectivity index (χ4n) is 5.02. The van der Waals surface area contributed by atoms with Crippen LogP contribution in [0.25, 0.3) is 5.57 Å². The molecule has 0 spiro atoms. The maximum absolute atomic E-state index is 13.6. The molecule has 1 fully saturated rings. The Balaban J connectivity index is 1.98. The second-order valence-corrected chi connectivity index (χ2v) is 10.2. The second-order valence-electron chi connectivity index (χ2n) is 10.2. The van der Waals surface area contributed by atoms with E-state index in [0.717, 1.165) is 36.0 Å². The van der Waals surface area contributed by atoms with E-state index < -0.39 is 0 Å². The van der Waals surface area contributed by atoms with Gasteiger partial charge in [0.2, 0.25) is 0 Å². The summed E-state index contributed by atoms with van der Waals surface area (Å²) in [6.45, 7) is 11.2. The predicted molar refractivity (Wildman–Crippen MR) is 122 cm³/mol. The third kappa shape index (κ3) is 6.19. The molecule has 3 nitrogen and oxygen atoms in total. The molecule has 0 amide bonds. The van der Waals surface area contributed by atoms with E-state index in [4.69, 9.17) is 9.78 Å². The molecule has 31 heavy (non-hydrogen) atoms. The Labute approximate surface area is 185 Å². The van der Waals surface area contributed by atoms with Crippen molar-refractivity contribution in [1.29, 1.82) is 0 Å². The van der Waals surface area contributed by atoms with Crippen LogP contribution in [-0.4, -0.2) is 5.97 Å². The highest BCUT2D eigenvalue weighted by molar-refractivity contribution is 5.82. The molecule has 0 unspecified atom stereocenters. The van der Waals surface area contributed by atoms with E-state index in [0.29, 0.717) is 18.6 Å². The van der Waals surface area contributed by atoms with Crippen molar-refractivity contribution in [1.82, 2.24) is 0 Å². The third-order valence-electron chi connectivity index (χ3n) is 5.66. The molecule has 0 bridgehead atoms. The van der Waals surface area contributed by atoms with Crippen molar-refractivity contribution in [2.45, 2.75) is 66.7 Å². The van der Waals surface area contributed by atoms with Crippen LogP contribution in [0.15, 0.2) is 54.1 Å². The maximum Gasteiger partial charge on any atom is 0.355 e. The van der Waals surface area contributed by atoms with Gasteiger partial charge in [-0.3, -0.25) is 9.78 Å². The summed E-state index contributed by atoms with van der Waals surface area (Å²) in [5.74, 6) is -0.150. The molecule has 0 heterocycles. The summed E-state index contributed by atoms with van der Waals surface area (Å²) in [7, 11) is 0. The van der Waals surface area contributed by atoms with Gasteiger partial charge in [-0.2, -0.15) is 0 Å². The molecule has 1 saturated carbocycles. The second kappa shape index (κ2) is 9.25. The Kier molecular flexibility index (Phi) is 6.88. The number of carbonyl (C=O) groups excluding carboxylic acids is 1. The Morgan fingerprint density at radius 1 is 0.903 bits per heavy atom. The number of benzene rings is 2. The highest BCUT2D eigenvalue weighted by Gasteiger charge is 2.37. The minimum Gasteiger partial charge on any atom is -0.287 e. The quantitative estimate of drug-likeness (QED) is 0.356. The first-order valence-electron chi connectivity index (χ1n) is 11.0. The normalized spacial score (nSPS) is 17.2. The van der Waals surface area contributed by atoms with Gasteiger partial charge in [0.25, 0.3) is 0 Å². The lowest BCUT2D eigenvalue weighted by Gasteiger charge is -2.43. The van der Waals surface area contributed by atoms with Crippen LogP contribution in [0.3, 0.4) is 0 Å². The molecule has 2 aromatic rings. The van der Waals surface area contributed by atoms with E-state index in [1.807, 2.05) is 31.2 Å². The van der Waals surface area contributed by atoms with Crippen molar-refractivity contribution in [2.75, 3.05) is 0 Å². The largest absolute Gasteiger partial charge is 0.355 e. The van der Waals surface area contributed by atoms with Gasteiger partial charge in [0.05, 0.1) is 0 Å². The number of rotatable bonds is 6. The highest BCUT2D eigenvalue weighted by atomic mass is 19.1. The van der Waals surface area contributed by atoms with Gasteiger partial charge < -0.3 is 0 Å². The van der Waals surface area contributed by atoms with Crippen LogP contribution in [0.1, 0.15) is 77.8 Å². The molecule has 4 heteroatoms. The van der Waals surface area contributed by atoms with E-state index in [2.05, 4.69) is 27.7 Å². The lowest BCUT2D eigenvalue weighted by atomic mass is 9.62. The minimum atomic E-state index is -0.382. The molecular formula is C27H33FO3. The van der Waals surface area contributed by atoms with Crippen LogP contribution < -0.4 is 4.89 Å². The van der Waals surface area contributed by atoms with Crippen LogP contribution in [0.5, 0.6) is 5.75 Å². The van der Waals surface area contributed by atoms with E-state index in [-0.39, 0.29) is 22.6 Å². The van der Waals surface area contributed by atoms with Crippen LogP contribution >= 0.6 is 0 Å². The number of hydrogen-bond acceptors (Lipinski definition) is 3. The maximum atomic E-state index is 13.6. The monoisotopic (exact) mass is 424 g/mol. The van der Waals surface area contributed by atoms with Crippen molar-refractivity contribution in [2.24, 2.45) is 10.8 Å². The van der Waals surface area contributed by atoms with Crippen molar-refractivity contribution >= 4 is 11.5 Å². The molecule has 0 aliphatic heterocycles. The average Bonchev–Trinajstić information content (AvgIpc) is 2.67. The van der Waals surface area contributed by atoms with Gasteiger partial charge >= 0.3 is 5.97 Å². The number of allylic oxidation sites excluding steroid dienone is 1. The van der Waals surface area contributed by atoms with E-state index in [1.165, 1.54) is 17.7 Å². The summed E-state index contributed by atoms with van der Waals surface area (Å²) in [6.07, 6.45) is 4.19. The van der Waals surface area contributed by atoms with Gasteiger partial charge in [-0.15, -0.1) is 0 Å². The summed E-state index contributed by atoms with van der Waals surface area (Å²) < 4.78 is 13.6. The fourth-order valence-corrected chi connectivity index (χ4v) is 5.02. The average molecular weight is 425 g/mol. The number of hydrogen-bond donors (Lipinski definition) is 0. The Hall–Kier alpha value is -2.62. The molecule has 0 atom stereocenters. The Morgan fingerprint density at radius 2 is 1.42 bits per heavy atom. The molecule has 1 aliphatic rings. The van der Waals surface area contributed by atoms with Gasteiger partial charge in [-0.1, -0.05) is 64.5 Å². The zero-order valence-electron chi connectivity index (χ0n) is 19.3. The number of halogens is 1. The van der Waals surface area contributed by atoms with E-state index in [1.54, 1.807) is 12.1 Å². The zero-order chi connectivity index (χ0) is 22.6. The summed E-state index contributed by atoms with van der Waals surface area (Å²) in [5, 5.41) is 0. The molecule has 0 aromatic heterocycles. The molecule has 0 N–H and O–H groups in total. The molecule has 3 rings (SSSR count). The van der Waals surface area contributed by atoms with Gasteiger partial charge in [0.1, 0.15) is 5.82 Å². The SMILES string of the molecule is CCCC(=O)OOc1ccc(C(=C2CC(C)(C)CC(C)(C)C2)c2ccc(F)cc2)cc1. The summed E-state index contributed by atoms with van der Waals surface area (Å²) in [5.41, 5.74) is 4.97. The highest BCUT2D eigenvalue weighted by Crippen LogP contribution is 2.50. The van der Waals surface area contributed by atoms with Crippen LogP contribution in [0.2, 0.25) is 0 Å². The molecule has 0 radical (unpaired) electrons. The molecular weight excluding hydrogens is 391 g/mol. The fraction of sp³-hybridized carbons (Fsp3) is 0.444. The Bertz CT molecular complexity index is 919. The molecule has 166 valence electrons. The lowest BCUT2D eigenvalue weighted by Crippen LogP contribution is -2.30. The standard InChI is InChI=1S/C27H33FO3/c1-6-7-24(29)31-30-23-14-10-20(11-15-23)25(19-8-12-22(28)13-9-19)21-16-26(2,3)18-27(4,5)17-21/h8-15H,6-7,16-18H2,1-5H3. The first-order valence-corrected chi connectivity index (χ1v) is 11.0. The summed E-state index contributed by atoms with van der Waals surface area (Å²) in [6, 6.07) is 14.3. The third-order valence-corrected chi connectivity index (χ3v) is 5.66. The molecule has 1 aliphatic carbocycles. The molecule has 2 aromatic carbocycles. The van der Waals surface area contributed by atoms with E-state index in [9.17, 15) is 9.18 Å². The topological polar surface area (TPSA) is 35.5 Å².